The van der Waals surface area contributed by atoms with Gasteiger partial charge in [0.25, 0.3) is 0 Å². The van der Waals surface area contributed by atoms with Gasteiger partial charge in [-0.2, -0.15) is 14.5 Å². The van der Waals surface area contributed by atoms with Crippen LogP contribution in [0.3, 0.4) is 0 Å². The molecule has 0 fully saturated rings. The first-order chi connectivity index (χ1) is 11.8. The Balaban J connectivity index is 1.83. The van der Waals surface area contributed by atoms with Crippen LogP contribution in [0.25, 0.3) is 0 Å². The minimum atomic E-state index is -3.52. The number of nitrogens with one attached hydrogen (secondary N) is 2. The number of carbonyl (C=O) groups excluding carboxylic acids is 1. The molecule has 0 radical (unpaired) electrons. The molecule has 0 saturated heterocycles. The van der Waals surface area contributed by atoms with Crippen molar-refractivity contribution < 1.29 is 13.2 Å². The van der Waals surface area contributed by atoms with Crippen LogP contribution in [-0.4, -0.2) is 51.4 Å². The summed E-state index contributed by atoms with van der Waals surface area (Å²) in [5.41, 5.74) is 3.21. The van der Waals surface area contributed by atoms with Crippen LogP contribution in [0.1, 0.15) is 35.6 Å². The molecule has 136 valence electrons. The minimum absolute atomic E-state index is 0.257. The van der Waals surface area contributed by atoms with Crippen LogP contribution in [0, 0.1) is 0 Å². The average molecular weight is 366 g/mol. The fraction of sp³-hybridized carbons (Fsp3) is 0.533. The van der Waals surface area contributed by atoms with Gasteiger partial charge in [-0.05, 0) is 12.5 Å². The molecule has 9 nitrogen and oxygen atoms in total. The molecular formula is C15H22N6O3S. The highest BCUT2D eigenvalue weighted by molar-refractivity contribution is 7.88. The molecule has 3 rings (SSSR count). The van der Waals surface area contributed by atoms with E-state index in [0.29, 0.717) is 12.0 Å². The van der Waals surface area contributed by atoms with Crippen molar-refractivity contribution in [1.29, 1.82) is 0 Å². The number of hydrogen-bond acceptors (Lipinski definition) is 5. The zero-order valence-electron chi connectivity index (χ0n) is 14.5. The number of aromatic nitrogens is 4. The zero-order valence-corrected chi connectivity index (χ0v) is 15.3. The molecule has 1 aliphatic heterocycles. The topological polar surface area (TPSA) is 113 Å². The number of sulfonamides is 1. The molecule has 0 aliphatic carbocycles. The molecule has 10 heteroatoms. The molecule has 1 amide bonds. The van der Waals surface area contributed by atoms with Crippen molar-refractivity contribution in [1.82, 2.24) is 29.6 Å². The van der Waals surface area contributed by atoms with E-state index in [1.807, 2.05) is 13.0 Å². The lowest BCUT2D eigenvalue weighted by atomic mass is 10.0. The van der Waals surface area contributed by atoms with E-state index < -0.39 is 16.1 Å². The van der Waals surface area contributed by atoms with Crippen LogP contribution in [0.4, 0.5) is 0 Å². The van der Waals surface area contributed by atoms with Gasteiger partial charge < -0.3 is 5.32 Å². The maximum absolute atomic E-state index is 12.8. The number of aromatic amines is 1. The predicted molar refractivity (Wildman–Crippen MR) is 91.0 cm³/mol. The van der Waals surface area contributed by atoms with Crippen molar-refractivity contribution in [2.75, 3.05) is 12.8 Å². The maximum atomic E-state index is 12.8. The number of aryl methyl sites for hydroxylation is 2. The molecule has 2 aromatic heterocycles. The molecule has 0 aromatic carbocycles. The van der Waals surface area contributed by atoms with Gasteiger partial charge >= 0.3 is 0 Å². The first-order valence-electron chi connectivity index (χ1n) is 8.09. The molecule has 1 atom stereocenters. The Labute approximate surface area is 146 Å². The maximum Gasteiger partial charge on any atom is 0.243 e. The van der Waals surface area contributed by atoms with E-state index in [1.165, 1.54) is 4.31 Å². The second-order valence-electron chi connectivity index (χ2n) is 6.15. The summed E-state index contributed by atoms with van der Waals surface area (Å²) in [4.78, 5) is 12.8. The Morgan fingerprint density at radius 2 is 2.24 bits per heavy atom. The Kier molecular flexibility index (Phi) is 4.65. The number of carbonyl (C=O) groups is 1. The summed E-state index contributed by atoms with van der Waals surface area (Å²) >= 11 is 0. The summed E-state index contributed by atoms with van der Waals surface area (Å²) in [6.45, 7) is 2.51. The molecule has 25 heavy (non-hydrogen) atoms. The molecular weight excluding hydrogens is 344 g/mol. The summed E-state index contributed by atoms with van der Waals surface area (Å²) in [5.74, 6) is -0.368. The first kappa shape index (κ1) is 17.6. The second kappa shape index (κ2) is 6.60. The fourth-order valence-electron chi connectivity index (χ4n) is 3.10. The van der Waals surface area contributed by atoms with Gasteiger partial charge in [-0.25, -0.2) is 8.42 Å². The predicted octanol–water partition coefficient (Wildman–Crippen LogP) is -0.119. The third-order valence-electron chi connectivity index (χ3n) is 4.42. The number of amides is 1. The molecule has 2 aromatic rings. The van der Waals surface area contributed by atoms with E-state index in [1.54, 1.807) is 17.9 Å². The van der Waals surface area contributed by atoms with Crippen LogP contribution < -0.4 is 5.32 Å². The third-order valence-corrected chi connectivity index (χ3v) is 5.66. The van der Waals surface area contributed by atoms with Crippen molar-refractivity contribution in [3.05, 3.63) is 34.9 Å². The highest BCUT2D eigenvalue weighted by atomic mass is 32.2. The highest BCUT2D eigenvalue weighted by Gasteiger charge is 2.39. The smallest absolute Gasteiger partial charge is 0.243 e. The second-order valence-corrected chi connectivity index (χ2v) is 8.09. The van der Waals surface area contributed by atoms with Crippen molar-refractivity contribution in [3.63, 3.8) is 0 Å². The van der Waals surface area contributed by atoms with Gasteiger partial charge in [0.1, 0.15) is 6.04 Å². The lowest BCUT2D eigenvalue weighted by Crippen LogP contribution is -2.46. The summed E-state index contributed by atoms with van der Waals surface area (Å²) in [7, 11) is -1.73. The fourth-order valence-corrected chi connectivity index (χ4v) is 4.12. The first-order valence-corrected chi connectivity index (χ1v) is 9.94. The normalized spacial score (nSPS) is 18.1. The lowest BCUT2D eigenvalue weighted by Gasteiger charge is -2.32. The van der Waals surface area contributed by atoms with E-state index in [2.05, 4.69) is 20.6 Å². The summed E-state index contributed by atoms with van der Waals surface area (Å²) in [5, 5.41) is 14.0. The Morgan fingerprint density at radius 3 is 2.88 bits per heavy atom. The molecule has 0 spiro atoms. The molecule has 1 unspecified atom stereocenters. The van der Waals surface area contributed by atoms with E-state index in [-0.39, 0.29) is 19.0 Å². The van der Waals surface area contributed by atoms with E-state index in [4.69, 9.17) is 0 Å². The van der Waals surface area contributed by atoms with E-state index in [9.17, 15) is 13.2 Å². The summed E-state index contributed by atoms with van der Waals surface area (Å²) in [6, 6.07) is 0.978. The number of rotatable bonds is 5. The lowest BCUT2D eigenvalue weighted by molar-refractivity contribution is -0.125. The van der Waals surface area contributed by atoms with Crippen LogP contribution in [0.5, 0.6) is 0 Å². The number of nitrogens with zero attached hydrogens (tertiary/aromatic N) is 4. The number of hydrogen-bond donors (Lipinski definition) is 2. The molecule has 0 saturated carbocycles. The SMILES string of the molecule is CCc1cc(CNC(=O)C2c3cnn(C)c3CCN2S(C)(=O)=O)[nH]n1. The zero-order chi connectivity index (χ0) is 18.2. The van der Waals surface area contributed by atoms with Gasteiger partial charge in [0, 0.05) is 31.3 Å². The monoisotopic (exact) mass is 366 g/mol. The van der Waals surface area contributed by atoms with Crippen LogP contribution >= 0.6 is 0 Å². The third kappa shape index (κ3) is 3.45. The minimum Gasteiger partial charge on any atom is -0.349 e. The Hall–Kier alpha value is -2.20. The molecule has 0 bridgehead atoms. The standard InChI is InChI=1S/C15H22N6O3S/c1-4-10-7-11(19-18-10)8-16-15(22)14-12-9-17-20(2)13(12)5-6-21(14)25(3,23)24/h7,9,14H,4-6,8H2,1-3H3,(H,16,22)(H,18,19). The average Bonchev–Trinajstić information content (AvgIpc) is 3.18. The van der Waals surface area contributed by atoms with Gasteiger partial charge in [0.2, 0.25) is 15.9 Å². The van der Waals surface area contributed by atoms with Crippen molar-refractivity contribution in [2.45, 2.75) is 32.4 Å². The van der Waals surface area contributed by atoms with Crippen molar-refractivity contribution in [2.24, 2.45) is 7.05 Å². The quantitative estimate of drug-likeness (QED) is 0.766. The van der Waals surface area contributed by atoms with Crippen molar-refractivity contribution in [3.8, 4) is 0 Å². The summed E-state index contributed by atoms with van der Waals surface area (Å²) < 4.78 is 27.2. The number of fused-ring (bicyclic) bond motifs is 1. The molecule has 2 N–H and O–H groups in total. The highest BCUT2D eigenvalue weighted by Crippen LogP contribution is 2.31. The summed E-state index contributed by atoms with van der Waals surface area (Å²) in [6.07, 6.45) is 4.02. The van der Waals surface area contributed by atoms with Gasteiger partial charge in [0.05, 0.1) is 30.4 Å². The Bertz CT molecular complexity index is 885. The molecule has 3 heterocycles. The van der Waals surface area contributed by atoms with Gasteiger partial charge in [-0.15, -0.1) is 0 Å². The van der Waals surface area contributed by atoms with Crippen molar-refractivity contribution >= 4 is 15.9 Å². The van der Waals surface area contributed by atoms with Crippen LogP contribution in [0.2, 0.25) is 0 Å². The largest absolute Gasteiger partial charge is 0.349 e. The van der Waals surface area contributed by atoms with E-state index >= 15 is 0 Å². The van der Waals surface area contributed by atoms with Crippen LogP contribution in [0.15, 0.2) is 12.3 Å². The van der Waals surface area contributed by atoms with Gasteiger partial charge in [-0.3, -0.25) is 14.6 Å². The van der Waals surface area contributed by atoms with Gasteiger partial charge in [-0.1, -0.05) is 6.92 Å². The van der Waals surface area contributed by atoms with Gasteiger partial charge in [0.15, 0.2) is 0 Å². The Morgan fingerprint density at radius 1 is 1.48 bits per heavy atom. The van der Waals surface area contributed by atoms with Crippen LogP contribution in [-0.2, 0) is 41.3 Å². The molecule has 1 aliphatic rings. The number of H-pyrrole nitrogens is 1. The van der Waals surface area contributed by atoms with E-state index in [0.717, 1.165) is 29.8 Å².